The Morgan fingerprint density at radius 3 is 2.81 bits per heavy atom. The number of carbonyl (C=O) groups excluding carboxylic acids is 2. The van der Waals surface area contributed by atoms with Crippen LogP contribution in [0.15, 0.2) is 30.3 Å². The second-order valence-electron chi connectivity index (χ2n) is 6.33. The molecule has 138 valence electrons. The highest BCUT2D eigenvalue weighted by molar-refractivity contribution is 7.10. The second kappa shape index (κ2) is 8.27. The Morgan fingerprint density at radius 1 is 1.31 bits per heavy atom. The smallest absolute Gasteiger partial charge is 0.324 e. The molecular weight excluding hydrogens is 350 g/mol. The number of hydrogen-bond acceptors (Lipinski definition) is 5. The van der Waals surface area contributed by atoms with Gasteiger partial charge in [-0.15, -0.1) is 0 Å². The third kappa shape index (κ3) is 4.01. The quantitative estimate of drug-likeness (QED) is 0.874. The summed E-state index contributed by atoms with van der Waals surface area (Å²) in [6, 6.07) is 8.92. The van der Waals surface area contributed by atoms with Gasteiger partial charge >= 0.3 is 6.03 Å². The number of rotatable bonds is 5. The van der Waals surface area contributed by atoms with E-state index < -0.39 is 6.04 Å². The largest absolute Gasteiger partial charge is 0.342 e. The summed E-state index contributed by atoms with van der Waals surface area (Å²) in [5.41, 5.74) is 0.903. The van der Waals surface area contributed by atoms with Crippen molar-refractivity contribution >= 4 is 28.6 Å². The number of nitrogens with one attached hydrogen (secondary N) is 1. The van der Waals surface area contributed by atoms with Gasteiger partial charge in [0.15, 0.2) is 5.82 Å². The molecule has 3 rings (SSSR count). The fourth-order valence-corrected chi connectivity index (χ4v) is 3.55. The van der Waals surface area contributed by atoms with E-state index in [1.54, 1.807) is 16.8 Å². The maximum atomic E-state index is 12.7. The van der Waals surface area contributed by atoms with E-state index in [0.717, 1.165) is 29.9 Å². The first-order valence-electron chi connectivity index (χ1n) is 8.82. The second-order valence-corrected chi connectivity index (χ2v) is 7.08. The van der Waals surface area contributed by atoms with Crippen molar-refractivity contribution in [3.63, 3.8) is 0 Å². The SMILES string of the molecule is CCCC[C@@H]1C(=O)N(C)CCN1C(=O)Nc1nc(-c2ccccc2)ns1. The van der Waals surface area contributed by atoms with Crippen molar-refractivity contribution in [3.8, 4) is 11.4 Å². The maximum Gasteiger partial charge on any atom is 0.324 e. The molecule has 0 unspecified atom stereocenters. The molecular formula is C18H23N5O2S. The highest BCUT2D eigenvalue weighted by Crippen LogP contribution is 2.22. The fraction of sp³-hybridized carbons (Fsp3) is 0.444. The number of aromatic nitrogens is 2. The van der Waals surface area contributed by atoms with Gasteiger partial charge in [0, 0.05) is 37.2 Å². The predicted octanol–water partition coefficient (Wildman–Crippen LogP) is 3.07. The minimum absolute atomic E-state index is 0.00193. The first kappa shape index (κ1) is 18.3. The molecule has 0 bridgehead atoms. The summed E-state index contributed by atoms with van der Waals surface area (Å²) in [4.78, 5) is 32.9. The van der Waals surface area contributed by atoms with Crippen LogP contribution in [0.5, 0.6) is 0 Å². The highest BCUT2D eigenvalue weighted by atomic mass is 32.1. The van der Waals surface area contributed by atoms with Crippen LogP contribution in [0.4, 0.5) is 9.93 Å². The Morgan fingerprint density at radius 2 is 2.08 bits per heavy atom. The lowest BCUT2D eigenvalue weighted by Gasteiger charge is -2.38. The maximum absolute atomic E-state index is 12.7. The van der Waals surface area contributed by atoms with Crippen molar-refractivity contribution in [2.24, 2.45) is 0 Å². The molecule has 0 saturated carbocycles. The zero-order chi connectivity index (χ0) is 18.5. The van der Waals surface area contributed by atoms with E-state index in [2.05, 4.69) is 21.6 Å². The monoisotopic (exact) mass is 373 g/mol. The van der Waals surface area contributed by atoms with Gasteiger partial charge in [0.2, 0.25) is 11.0 Å². The summed E-state index contributed by atoms with van der Waals surface area (Å²) in [5.74, 6) is 0.588. The van der Waals surface area contributed by atoms with E-state index in [9.17, 15) is 9.59 Å². The number of unbranched alkanes of at least 4 members (excludes halogenated alkanes) is 1. The van der Waals surface area contributed by atoms with Gasteiger partial charge in [-0.1, -0.05) is 50.1 Å². The van der Waals surface area contributed by atoms with Crippen LogP contribution in [-0.2, 0) is 4.79 Å². The molecule has 7 nitrogen and oxygen atoms in total. The number of piperazine rings is 1. The van der Waals surface area contributed by atoms with Crippen LogP contribution in [0, 0.1) is 0 Å². The molecule has 8 heteroatoms. The van der Waals surface area contributed by atoms with Gasteiger partial charge in [0.1, 0.15) is 6.04 Å². The molecule has 0 radical (unpaired) electrons. The number of likely N-dealkylation sites (N-methyl/N-ethyl adjacent to an activating group) is 1. The minimum atomic E-state index is -0.407. The Hall–Kier alpha value is -2.48. The first-order chi connectivity index (χ1) is 12.6. The predicted molar refractivity (Wildman–Crippen MR) is 102 cm³/mol. The minimum Gasteiger partial charge on any atom is -0.342 e. The molecule has 0 aliphatic carbocycles. The average Bonchev–Trinajstić information content (AvgIpc) is 3.12. The van der Waals surface area contributed by atoms with Crippen LogP contribution < -0.4 is 5.32 Å². The summed E-state index contributed by atoms with van der Waals surface area (Å²) in [7, 11) is 1.79. The molecule has 1 N–H and O–H groups in total. The first-order valence-corrected chi connectivity index (χ1v) is 9.59. The highest BCUT2D eigenvalue weighted by Gasteiger charge is 2.35. The van der Waals surface area contributed by atoms with E-state index in [-0.39, 0.29) is 11.9 Å². The van der Waals surface area contributed by atoms with E-state index in [4.69, 9.17) is 0 Å². The fourth-order valence-electron chi connectivity index (χ4n) is 2.97. The van der Waals surface area contributed by atoms with Gasteiger partial charge in [-0.3, -0.25) is 10.1 Å². The third-order valence-electron chi connectivity index (χ3n) is 4.48. The Bertz CT molecular complexity index is 764. The lowest BCUT2D eigenvalue weighted by atomic mass is 10.0. The number of carbonyl (C=O) groups is 2. The summed E-state index contributed by atoms with van der Waals surface area (Å²) in [5, 5.41) is 3.24. The molecule has 26 heavy (non-hydrogen) atoms. The van der Waals surface area contributed by atoms with Crippen LogP contribution >= 0.6 is 11.5 Å². The number of nitrogens with zero attached hydrogens (tertiary/aromatic N) is 4. The molecule has 1 aliphatic heterocycles. The normalized spacial score (nSPS) is 17.5. The number of hydrogen-bond donors (Lipinski definition) is 1. The van der Waals surface area contributed by atoms with Crippen molar-refractivity contribution in [2.75, 3.05) is 25.5 Å². The Labute approximate surface area is 157 Å². The molecule has 1 aromatic carbocycles. The van der Waals surface area contributed by atoms with Crippen molar-refractivity contribution in [1.82, 2.24) is 19.2 Å². The van der Waals surface area contributed by atoms with Crippen molar-refractivity contribution in [3.05, 3.63) is 30.3 Å². The van der Waals surface area contributed by atoms with Crippen LogP contribution in [0.25, 0.3) is 11.4 Å². The standard InChI is InChI=1S/C18H23N5O2S/c1-3-4-10-14-16(24)22(2)11-12-23(14)18(25)20-17-19-15(21-26-17)13-8-6-5-7-9-13/h5-9,14H,3-4,10-12H2,1-2H3,(H,19,20,21,25)/t14-/m1/s1. The van der Waals surface area contributed by atoms with Gasteiger partial charge in [-0.2, -0.15) is 9.36 Å². The van der Waals surface area contributed by atoms with Crippen LogP contribution in [0.2, 0.25) is 0 Å². The molecule has 1 aliphatic rings. The summed E-state index contributed by atoms with van der Waals surface area (Å²) >= 11 is 1.14. The summed E-state index contributed by atoms with van der Waals surface area (Å²) in [6.07, 6.45) is 2.57. The van der Waals surface area contributed by atoms with Crippen LogP contribution in [0.1, 0.15) is 26.2 Å². The van der Waals surface area contributed by atoms with E-state index in [1.165, 1.54) is 0 Å². The molecule has 1 aromatic heterocycles. The van der Waals surface area contributed by atoms with E-state index >= 15 is 0 Å². The molecule has 2 aromatic rings. The molecule has 2 heterocycles. The summed E-state index contributed by atoms with van der Waals surface area (Å²) < 4.78 is 4.30. The Kier molecular flexibility index (Phi) is 5.82. The van der Waals surface area contributed by atoms with Gasteiger partial charge in [0.05, 0.1) is 0 Å². The zero-order valence-corrected chi connectivity index (χ0v) is 15.8. The average molecular weight is 373 g/mol. The molecule has 1 saturated heterocycles. The van der Waals surface area contributed by atoms with Crippen molar-refractivity contribution in [1.29, 1.82) is 0 Å². The van der Waals surface area contributed by atoms with Crippen LogP contribution in [-0.4, -0.2) is 57.3 Å². The van der Waals surface area contributed by atoms with Gasteiger partial charge < -0.3 is 9.80 Å². The lowest BCUT2D eigenvalue weighted by Crippen LogP contribution is -2.58. The van der Waals surface area contributed by atoms with Crippen molar-refractivity contribution in [2.45, 2.75) is 32.2 Å². The number of benzene rings is 1. The molecule has 1 fully saturated rings. The van der Waals surface area contributed by atoms with Gasteiger partial charge in [-0.25, -0.2) is 4.79 Å². The third-order valence-corrected chi connectivity index (χ3v) is 5.11. The van der Waals surface area contributed by atoms with Gasteiger partial charge in [0.25, 0.3) is 0 Å². The van der Waals surface area contributed by atoms with Crippen LogP contribution in [0.3, 0.4) is 0 Å². The number of anilines is 1. The molecule has 3 amide bonds. The summed E-state index contributed by atoms with van der Waals surface area (Å²) in [6.45, 7) is 3.14. The van der Waals surface area contributed by atoms with Crippen molar-refractivity contribution < 1.29 is 9.59 Å². The van der Waals surface area contributed by atoms with E-state index in [0.29, 0.717) is 30.5 Å². The zero-order valence-electron chi connectivity index (χ0n) is 15.0. The molecule has 1 atom stereocenters. The van der Waals surface area contributed by atoms with Gasteiger partial charge in [-0.05, 0) is 6.42 Å². The number of amides is 3. The molecule has 0 spiro atoms. The lowest BCUT2D eigenvalue weighted by molar-refractivity contribution is -0.138. The topological polar surface area (TPSA) is 78.4 Å². The number of urea groups is 1. The Balaban J connectivity index is 1.70. The van der Waals surface area contributed by atoms with E-state index in [1.807, 2.05) is 30.3 Å².